The number of nitrogens with one attached hydrogen (secondary N) is 1. The molecule has 0 saturated heterocycles. The fourth-order valence-corrected chi connectivity index (χ4v) is 0.285. The maximum absolute atomic E-state index is 8.01. The smallest absolute Gasteiger partial charge is 0.234 e. The zero-order chi connectivity index (χ0) is 8.69. The van der Waals surface area contributed by atoms with Gasteiger partial charge in [-0.25, -0.2) is 0 Å². The van der Waals surface area contributed by atoms with Crippen LogP contribution in [-0.2, 0) is 0 Å². The zero-order valence-corrected chi connectivity index (χ0v) is 5.44. The van der Waals surface area contributed by atoms with Crippen LogP contribution in [0.4, 0.5) is 0 Å². The number of guanidine groups is 2. The lowest BCUT2D eigenvalue weighted by Gasteiger charge is -1.92. The van der Waals surface area contributed by atoms with Gasteiger partial charge in [0.2, 0.25) is 18.1 Å². The van der Waals surface area contributed by atoms with Crippen LogP contribution in [0, 0.1) is 22.9 Å². The van der Waals surface area contributed by atoms with Crippen molar-refractivity contribution in [2.75, 3.05) is 0 Å². The zero-order valence-electron chi connectivity index (χ0n) is 5.44. The molecule has 11 heavy (non-hydrogen) atoms. The molecule has 0 atom stereocenters. The highest BCUT2D eigenvalue weighted by Gasteiger charge is 1.89. The molecule has 0 unspecified atom stereocenters. The summed E-state index contributed by atoms with van der Waals surface area (Å²) in [7, 11) is 0. The normalized spacial score (nSPS) is 11.5. The molecular weight excluding hydrogens is 146 g/mol. The summed E-state index contributed by atoms with van der Waals surface area (Å²) in [4.78, 5) is 6.35. The minimum absolute atomic E-state index is 0.205. The van der Waals surface area contributed by atoms with Gasteiger partial charge in [0.05, 0.1) is 0 Å². The molecule has 0 aliphatic heterocycles. The van der Waals surface area contributed by atoms with Crippen LogP contribution < -0.4 is 16.8 Å². The minimum Gasteiger partial charge on any atom is -0.369 e. The van der Waals surface area contributed by atoms with Crippen LogP contribution in [0.3, 0.4) is 0 Å². The van der Waals surface area contributed by atoms with Crippen LogP contribution in [-0.4, -0.2) is 11.9 Å². The lowest BCUT2D eigenvalue weighted by Crippen LogP contribution is -2.29. The molecule has 0 aliphatic carbocycles. The third-order valence-electron chi connectivity index (χ3n) is 0.584. The summed E-state index contributed by atoms with van der Waals surface area (Å²) in [6, 6.07) is 0. The van der Waals surface area contributed by atoms with Gasteiger partial charge in [-0.2, -0.15) is 15.5 Å². The van der Waals surface area contributed by atoms with Gasteiger partial charge < -0.3 is 11.5 Å². The second-order valence-corrected chi connectivity index (χ2v) is 1.30. The molecule has 0 aromatic heterocycles. The fraction of sp³-hybridized carbons (Fsp3) is 0. The predicted molar refractivity (Wildman–Crippen MR) is 37.6 cm³/mol. The lowest BCUT2D eigenvalue weighted by molar-refractivity contribution is 1.22. The molecule has 0 aliphatic rings. The van der Waals surface area contributed by atoms with Crippen LogP contribution in [0.5, 0.6) is 0 Å². The summed E-state index contributed by atoms with van der Waals surface area (Å²) in [6.45, 7) is 0. The van der Waals surface area contributed by atoms with Crippen LogP contribution in [0.2, 0.25) is 0 Å². The van der Waals surface area contributed by atoms with Crippen molar-refractivity contribution < 1.29 is 0 Å². The molecule has 5 N–H and O–H groups in total. The fourth-order valence-electron chi connectivity index (χ4n) is 0.285. The van der Waals surface area contributed by atoms with E-state index < -0.39 is 0 Å². The quantitative estimate of drug-likeness (QED) is 0.162. The monoisotopic (exact) mass is 151 g/mol. The average Bonchev–Trinajstić information content (AvgIpc) is 1.87. The van der Waals surface area contributed by atoms with Crippen molar-refractivity contribution in [1.29, 1.82) is 10.5 Å². The first-order valence-electron chi connectivity index (χ1n) is 2.42. The van der Waals surface area contributed by atoms with Crippen molar-refractivity contribution in [2.24, 2.45) is 21.5 Å². The Morgan fingerprint density at radius 2 is 2.00 bits per heavy atom. The van der Waals surface area contributed by atoms with Crippen molar-refractivity contribution in [3.63, 3.8) is 0 Å². The largest absolute Gasteiger partial charge is 0.369 e. The SMILES string of the molecule is N#CN=C(N)/N=C(\N)NC#N. The van der Waals surface area contributed by atoms with E-state index in [1.54, 1.807) is 0 Å². The second-order valence-electron chi connectivity index (χ2n) is 1.30. The average molecular weight is 151 g/mol. The molecule has 0 saturated carbocycles. The summed E-state index contributed by atoms with van der Waals surface area (Å²) >= 11 is 0. The summed E-state index contributed by atoms with van der Waals surface area (Å²) in [5.74, 6) is -0.503. The van der Waals surface area contributed by atoms with E-state index in [1.807, 2.05) is 5.32 Å². The van der Waals surface area contributed by atoms with Gasteiger partial charge >= 0.3 is 0 Å². The van der Waals surface area contributed by atoms with Crippen molar-refractivity contribution in [2.45, 2.75) is 0 Å². The Balaban J connectivity index is 4.24. The molecule has 56 valence electrons. The molecule has 0 radical (unpaired) electrons. The molecule has 7 heteroatoms. The van der Waals surface area contributed by atoms with E-state index in [0.29, 0.717) is 0 Å². The number of nitrogens with two attached hydrogens (primary N) is 2. The number of rotatable bonds is 0. The Morgan fingerprint density at radius 1 is 1.36 bits per heavy atom. The third-order valence-corrected chi connectivity index (χ3v) is 0.584. The first-order chi connectivity index (χ1) is 5.20. The van der Waals surface area contributed by atoms with E-state index in [1.165, 1.54) is 12.4 Å². The summed E-state index contributed by atoms with van der Waals surface area (Å²) < 4.78 is 0. The Hall–Kier alpha value is -2.28. The van der Waals surface area contributed by atoms with Gasteiger partial charge in [0.1, 0.15) is 0 Å². The Kier molecular flexibility index (Phi) is 3.63. The van der Waals surface area contributed by atoms with E-state index in [-0.39, 0.29) is 11.9 Å². The minimum atomic E-state index is -0.298. The van der Waals surface area contributed by atoms with Crippen LogP contribution in [0.25, 0.3) is 0 Å². The topological polar surface area (TPSA) is 136 Å². The van der Waals surface area contributed by atoms with Gasteiger partial charge in [-0.1, -0.05) is 0 Å². The van der Waals surface area contributed by atoms with Crippen molar-refractivity contribution in [3.8, 4) is 12.4 Å². The number of nitriles is 2. The molecule has 0 spiro atoms. The Bertz CT molecular complexity index is 261. The van der Waals surface area contributed by atoms with E-state index in [0.717, 1.165) is 0 Å². The Morgan fingerprint density at radius 3 is 2.45 bits per heavy atom. The molecule has 0 aromatic carbocycles. The summed E-state index contributed by atoms with van der Waals surface area (Å²) in [5.41, 5.74) is 10.1. The second kappa shape index (κ2) is 4.58. The number of hydrogen-bond acceptors (Lipinski definition) is 3. The maximum Gasteiger partial charge on any atom is 0.234 e. The molecule has 0 bridgehead atoms. The highest BCUT2D eigenvalue weighted by atomic mass is 15.1. The summed E-state index contributed by atoms with van der Waals surface area (Å²) in [6.07, 6.45) is 2.92. The standard InChI is InChI=1S/C4H5N7/c5-1-9-3(7)11-4(8)10-2-6/h(H5,7,8,9,10,11). The maximum atomic E-state index is 8.01. The third kappa shape index (κ3) is 4.24. The molecule has 0 aromatic rings. The van der Waals surface area contributed by atoms with Crippen LogP contribution in [0.15, 0.2) is 9.98 Å². The molecule has 0 amide bonds. The van der Waals surface area contributed by atoms with Crippen molar-refractivity contribution in [1.82, 2.24) is 5.32 Å². The number of nitrogens with zero attached hydrogens (tertiary/aromatic N) is 4. The van der Waals surface area contributed by atoms with Gasteiger partial charge in [0, 0.05) is 0 Å². The molecule has 0 rings (SSSR count). The van der Waals surface area contributed by atoms with E-state index in [2.05, 4.69) is 9.98 Å². The van der Waals surface area contributed by atoms with Crippen LogP contribution >= 0.6 is 0 Å². The highest BCUT2D eigenvalue weighted by molar-refractivity contribution is 5.94. The molecule has 0 heterocycles. The number of aliphatic imine (C=N–C) groups is 2. The van der Waals surface area contributed by atoms with E-state index >= 15 is 0 Å². The van der Waals surface area contributed by atoms with Gasteiger partial charge in [0.15, 0.2) is 6.19 Å². The van der Waals surface area contributed by atoms with Crippen molar-refractivity contribution >= 4 is 11.9 Å². The van der Waals surface area contributed by atoms with E-state index in [9.17, 15) is 0 Å². The first kappa shape index (κ1) is 8.72. The van der Waals surface area contributed by atoms with Crippen molar-refractivity contribution in [3.05, 3.63) is 0 Å². The van der Waals surface area contributed by atoms with Gasteiger partial charge in [-0.15, -0.1) is 4.99 Å². The van der Waals surface area contributed by atoms with E-state index in [4.69, 9.17) is 22.0 Å². The number of hydrogen-bond donors (Lipinski definition) is 3. The van der Waals surface area contributed by atoms with Crippen LogP contribution in [0.1, 0.15) is 0 Å². The van der Waals surface area contributed by atoms with Gasteiger partial charge in [0.25, 0.3) is 0 Å². The molecule has 7 nitrogen and oxygen atoms in total. The first-order valence-corrected chi connectivity index (χ1v) is 2.42. The highest BCUT2D eigenvalue weighted by Crippen LogP contribution is 1.69. The van der Waals surface area contributed by atoms with Gasteiger partial charge in [-0.3, -0.25) is 5.32 Å². The Labute approximate surface area is 62.6 Å². The van der Waals surface area contributed by atoms with Gasteiger partial charge in [-0.05, 0) is 0 Å². The molecular formula is C4H5N7. The lowest BCUT2D eigenvalue weighted by atomic mass is 10.9. The molecule has 0 fully saturated rings. The predicted octanol–water partition coefficient (Wildman–Crippen LogP) is -1.83. The summed E-state index contributed by atoms with van der Waals surface area (Å²) in [5, 5.41) is 18.0.